The van der Waals surface area contributed by atoms with E-state index in [0.29, 0.717) is 6.04 Å². The number of nitrogens with one attached hydrogen (secondary N) is 1. The van der Waals surface area contributed by atoms with Crippen molar-refractivity contribution < 1.29 is 5.11 Å². The predicted molar refractivity (Wildman–Crippen MR) is 52.7 cm³/mol. The molecule has 2 N–H and O–H groups in total. The number of aliphatic hydroxyl groups is 1. The Hall–Kier alpha value is -0.120. The molecule has 2 aliphatic rings. The van der Waals surface area contributed by atoms with Crippen LogP contribution in [0.25, 0.3) is 0 Å². The van der Waals surface area contributed by atoms with Gasteiger partial charge < -0.3 is 10.4 Å². The van der Waals surface area contributed by atoms with Gasteiger partial charge >= 0.3 is 0 Å². The van der Waals surface area contributed by atoms with E-state index in [1.807, 2.05) is 0 Å². The van der Waals surface area contributed by atoms with Crippen molar-refractivity contribution in [3.63, 3.8) is 0 Å². The Morgan fingerprint density at radius 2 is 2.08 bits per heavy atom. The fourth-order valence-electron chi connectivity index (χ4n) is 2.50. The van der Waals surface area contributed by atoms with Crippen LogP contribution in [0.4, 0.5) is 0 Å². The van der Waals surface area contributed by atoms with Crippen molar-refractivity contribution in [3.05, 3.63) is 0 Å². The van der Waals surface area contributed by atoms with E-state index in [1.165, 1.54) is 19.4 Å². The Bertz CT molecular complexity index is 155. The first-order valence-electron chi connectivity index (χ1n) is 5.49. The summed E-state index contributed by atoms with van der Waals surface area (Å²) in [5.41, 5.74) is 0. The summed E-state index contributed by atoms with van der Waals surface area (Å²) in [6, 6.07) is 0.662. The molecule has 2 unspecified atom stereocenters. The molecule has 0 spiro atoms. The Morgan fingerprint density at radius 1 is 1.15 bits per heavy atom. The Balaban J connectivity index is 1.84. The molecular formula is C10H20N2O. The van der Waals surface area contributed by atoms with E-state index in [-0.39, 0.29) is 6.10 Å². The van der Waals surface area contributed by atoms with Crippen LogP contribution >= 0.6 is 0 Å². The molecule has 76 valence electrons. The van der Waals surface area contributed by atoms with E-state index >= 15 is 0 Å². The Kier molecular flexibility index (Phi) is 3.19. The summed E-state index contributed by atoms with van der Waals surface area (Å²) in [5, 5.41) is 12.9. The first-order chi connectivity index (χ1) is 6.36. The minimum atomic E-state index is -0.0267. The minimum Gasteiger partial charge on any atom is -0.393 e. The first-order valence-corrected chi connectivity index (χ1v) is 5.49. The second-order valence-electron chi connectivity index (χ2n) is 4.26. The number of nitrogens with zero attached hydrogens (tertiary/aromatic N) is 1. The molecule has 0 aromatic carbocycles. The molecule has 2 fully saturated rings. The molecule has 3 heteroatoms. The van der Waals surface area contributed by atoms with Gasteiger partial charge in [0.15, 0.2) is 0 Å². The maximum Gasteiger partial charge on any atom is 0.0555 e. The van der Waals surface area contributed by atoms with Crippen LogP contribution in [0.2, 0.25) is 0 Å². The smallest absolute Gasteiger partial charge is 0.0555 e. The summed E-state index contributed by atoms with van der Waals surface area (Å²) < 4.78 is 0. The lowest BCUT2D eigenvalue weighted by atomic mass is 10.2. The highest BCUT2D eigenvalue weighted by atomic mass is 16.3. The fourth-order valence-corrected chi connectivity index (χ4v) is 2.50. The Labute approximate surface area is 80.1 Å². The molecule has 2 atom stereocenters. The van der Waals surface area contributed by atoms with Crippen LogP contribution in [0.5, 0.6) is 0 Å². The third-order valence-corrected chi connectivity index (χ3v) is 3.27. The van der Waals surface area contributed by atoms with Gasteiger partial charge in [-0.15, -0.1) is 0 Å². The molecule has 0 aromatic heterocycles. The van der Waals surface area contributed by atoms with E-state index in [2.05, 4.69) is 10.2 Å². The number of hydrogen-bond donors (Lipinski definition) is 2. The van der Waals surface area contributed by atoms with Gasteiger partial charge in [0, 0.05) is 19.1 Å². The monoisotopic (exact) mass is 184 g/mol. The van der Waals surface area contributed by atoms with Crippen molar-refractivity contribution in [1.82, 2.24) is 10.2 Å². The Morgan fingerprint density at radius 3 is 2.85 bits per heavy atom. The molecule has 0 bridgehead atoms. The SMILES string of the molecule is OC1CCC(N2CCCNCC2)C1. The van der Waals surface area contributed by atoms with Gasteiger partial charge in [-0.25, -0.2) is 0 Å². The fraction of sp³-hybridized carbons (Fsp3) is 1.00. The normalized spacial score (nSPS) is 37.6. The molecular weight excluding hydrogens is 164 g/mol. The highest BCUT2D eigenvalue weighted by Gasteiger charge is 2.27. The highest BCUT2D eigenvalue weighted by molar-refractivity contribution is 4.83. The van der Waals surface area contributed by atoms with Crippen LogP contribution in [-0.2, 0) is 0 Å². The lowest BCUT2D eigenvalue weighted by Gasteiger charge is -2.26. The summed E-state index contributed by atoms with van der Waals surface area (Å²) in [7, 11) is 0. The van der Waals surface area contributed by atoms with Gasteiger partial charge in [0.2, 0.25) is 0 Å². The van der Waals surface area contributed by atoms with Crippen molar-refractivity contribution in [1.29, 1.82) is 0 Å². The van der Waals surface area contributed by atoms with Gasteiger partial charge in [0.05, 0.1) is 6.10 Å². The van der Waals surface area contributed by atoms with Crippen LogP contribution in [0.3, 0.4) is 0 Å². The van der Waals surface area contributed by atoms with Crippen LogP contribution in [0.15, 0.2) is 0 Å². The van der Waals surface area contributed by atoms with Crippen LogP contribution < -0.4 is 5.32 Å². The molecule has 1 aliphatic heterocycles. The molecule has 1 saturated heterocycles. The van der Waals surface area contributed by atoms with Crippen molar-refractivity contribution in [2.45, 2.75) is 37.8 Å². The van der Waals surface area contributed by atoms with Crippen LogP contribution in [-0.4, -0.2) is 48.3 Å². The third kappa shape index (κ3) is 2.42. The third-order valence-electron chi connectivity index (χ3n) is 3.27. The van der Waals surface area contributed by atoms with E-state index in [1.54, 1.807) is 0 Å². The largest absolute Gasteiger partial charge is 0.393 e. The summed E-state index contributed by atoms with van der Waals surface area (Å²) >= 11 is 0. The first kappa shape index (κ1) is 9.44. The summed E-state index contributed by atoms with van der Waals surface area (Å²) in [4.78, 5) is 2.55. The van der Waals surface area contributed by atoms with Crippen LogP contribution in [0, 0.1) is 0 Å². The number of aliphatic hydroxyl groups excluding tert-OH is 1. The second kappa shape index (κ2) is 4.40. The van der Waals surface area contributed by atoms with Crippen molar-refractivity contribution in [2.24, 2.45) is 0 Å². The lowest BCUT2D eigenvalue weighted by Crippen LogP contribution is -2.36. The zero-order valence-electron chi connectivity index (χ0n) is 8.21. The van der Waals surface area contributed by atoms with E-state index in [9.17, 15) is 5.11 Å². The molecule has 13 heavy (non-hydrogen) atoms. The molecule has 0 radical (unpaired) electrons. The van der Waals surface area contributed by atoms with Gasteiger partial charge in [-0.3, -0.25) is 4.90 Å². The van der Waals surface area contributed by atoms with Gasteiger partial charge in [0.1, 0.15) is 0 Å². The maximum atomic E-state index is 9.46. The molecule has 2 rings (SSSR count). The second-order valence-corrected chi connectivity index (χ2v) is 4.26. The highest BCUT2D eigenvalue weighted by Crippen LogP contribution is 2.24. The average molecular weight is 184 g/mol. The molecule has 0 aromatic rings. The molecule has 3 nitrogen and oxygen atoms in total. The lowest BCUT2D eigenvalue weighted by molar-refractivity contribution is 0.155. The molecule has 1 aliphatic carbocycles. The van der Waals surface area contributed by atoms with Gasteiger partial charge in [-0.05, 0) is 38.8 Å². The zero-order valence-corrected chi connectivity index (χ0v) is 8.21. The molecule has 1 heterocycles. The summed E-state index contributed by atoms with van der Waals surface area (Å²) in [6.07, 6.45) is 4.43. The van der Waals surface area contributed by atoms with E-state index < -0.39 is 0 Å². The molecule has 0 amide bonds. The quantitative estimate of drug-likeness (QED) is 0.611. The predicted octanol–water partition coefficient (Wildman–Crippen LogP) is 0.195. The van der Waals surface area contributed by atoms with E-state index in [4.69, 9.17) is 0 Å². The van der Waals surface area contributed by atoms with Crippen molar-refractivity contribution in [2.75, 3.05) is 26.2 Å². The standard InChI is InChI=1S/C10H20N2O/c13-10-3-2-9(8-10)12-6-1-4-11-5-7-12/h9-11,13H,1-8H2. The zero-order chi connectivity index (χ0) is 9.10. The maximum absolute atomic E-state index is 9.46. The van der Waals surface area contributed by atoms with Gasteiger partial charge in [-0.1, -0.05) is 0 Å². The average Bonchev–Trinajstić information content (AvgIpc) is 2.43. The molecule has 1 saturated carbocycles. The number of rotatable bonds is 1. The topological polar surface area (TPSA) is 35.5 Å². The summed E-state index contributed by atoms with van der Waals surface area (Å²) in [5.74, 6) is 0. The van der Waals surface area contributed by atoms with E-state index in [0.717, 1.165) is 32.5 Å². The van der Waals surface area contributed by atoms with Crippen molar-refractivity contribution in [3.8, 4) is 0 Å². The van der Waals surface area contributed by atoms with Gasteiger partial charge in [-0.2, -0.15) is 0 Å². The van der Waals surface area contributed by atoms with Crippen molar-refractivity contribution >= 4 is 0 Å². The number of hydrogen-bond acceptors (Lipinski definition) is 3. The van der Waals surface area contributed by atoms with Crippen LogP contribution in [0.1, 0.15) is 25.7 Å². The van der Waals surface area contributed by atoms with Gasteiger partial charge in [0.25, 0.3) is 0 Å². The summed E-state index contributed by atoms with van der Waals surface area (Å²) in [6.45, 7) is 4.65. The minimum absolute atomic E-state index is 0.0267.